The van der Waals surface area contributed by atoms with Crippen LogP contribution in [0.25, 0.3) is 0 Å². The molecule has 0 unspecified atom stereocenters. The fraction of sp³-hybridized carbons (Fsp3) is 0.571. The average Bonchev–Trinajstić information content (AvgIpc) is 2.65. The van der Waals surface area contributed by atoms with E-state index in [1.807, 2.05) is 0 Å². The lowest BCUT2D eigenvalue weighted by Gasteiger charge is -2.10. The van der Waals surface area contributed by atoms with Gasteiger partial charge >= 0.3 is 16.3 Å². The van der Waals surface area contributed by atoms with E-state index in [0.717, 1.165) is 10.6 Å². The molecule has 0 aromatic carbocycles. The molecule has 0 saturated heterocycles. The fourth-order valence-corrected chi connectivity index (χ4v) is 1.68. The smallest absolute Gasteiger partial charge is 0.405 e. The van der Waals surface area contributed by atoms with Crippen molar-refractivity contribution in [1.29, 1.82) is 0 Å². The Morgan fingerprint density at radius 3 is 2.65 bits per heavy atom. The van der Waals surface area contributed by atoms with Crippen LogP contribution in [0.5, 0.6) is 0 Å². The summed E-state index contributed by atoms with van der Waals surface area (Å²) in [7, 11) is -1.00. The standard InChI is InChI=1S/C7H13N5O4S/c1-5(9-7(13)14)6-8-4-12(10-6)17(15,16)11(2)3/h4-5,9H,1-3H3,(H,13,14)/t5-/m0/s1. The number of nitrogens with zero attached hydrogens (tertiary/aromatic N) is 4. The van der Waals surface area contributed by atoms with E-state index in [1.165, 1.54) is 21.0 Å². The number of hydrogen-bond acceptors (Lipinski definition) is 5. The first-order valence-corrected chi connectivity index (χ1v) is 5.99. The quantitative estimate of drug-likeness (QED) is 0.738. The van der Waals surface area contributed by atoms with Gasteiger partial charge in [-0.1, -0.05) is 0 Å². The molecule has 1 aromatic rings. The second-order valence-electron chi connectivity index (χ2n) is 3.44. The summed E-state index contributed by atoms with van der Waals surface area (Å²) in [4.78, 5) is 14.1. The zero-order valence-electron chi connectivity index (χ0n) is 9.52. The third-order valence-electron chi connectivity index (χ3n) is 1.91. The van der Waals surface area contributed by atoms with E-state index in [0.29, 0.717) is 4.09 Å². The second-order valence-corrected chi connectivity index (χ2v) is 5.44. The van der Waals surface area contributed by atoms with Crippen LogP contribution >= 0.6 is 0 Å². The van der Waals surface area contributed by atoms with E-state index < -0.39 is 22.3 Å². The van der Waals surface area contributed by atoms with Gasteiger partial charge in [0.1, 0.15) is 6.33 Å². The maximum Gasteiger partial charge on any atom is 0.405 e. The first-order valence-electron chi connectivity index (χ1n) is 4.59. The van der Waals surface area contributed by atoms with Crippen LogP contribution in [0.3, 0.4) is 0 Å². The Morgan fingerprint density at radius 2 is 2.18 bits per heavy atom. The summed E-state index contributed by atoms with van der Waals surface area (Å²) >= 11 is 0. The lowest BCUT2D eigenvalue weighted by Crippen LogP contribution is -2.30. The monoisotopic (exact) mass is 263 g/mol. The Labute approximate surface area is 98.2 Å². The van der Waals surface area contributed by atoms with Crippen LogP contribution in [0.2, 0.25) is 0 Å². The molecule has 1 amide bonds. The summed E-state index contributed by atoms with van der Waals surface area (Å²) in [5.74, 6) is 0.0813. The SMILES string of the molecule is C[C@H](NC(=O)O)c1ncn(S(=O)(=O)N(C)C)n1. The third kappa shape index (κ3) is 2.91. The van der Waals surface area contributed by atoms with Crippen molar-refractivity contribution in [3.8, 4) is 0 Å². The predicted molar refractivity (Wildman–Crippen MR) is 57.6 cm³/mol. The Hall–Kier alpha value is -1.68. The molecule has 0 fully saturated rings. The van der Waals surface area contributed by atoms with Gasteiger partial charge in [0.25, 0.3) is 0 Å². The van der Waals surface area contributed by atoms with Gasteiger partial charge in [-0.3, -0.25) is 0 Å². The molecule has 0 radical (unpaired) electrons. The molecule has 1 heterocycles. The lowest BCUT2D eigenvalue weighted by molar-refractivity contribution is 0.190. The number of aromatic nitrogens is 3. The fourth-order valence-electron chi connectivity index (χ4n) is 0.988. The average molecular weight is 263 g/mol. The summed E-state index contributed by atoms with van der Waals surface area (Å²) in [6, 6.07) is -0.689. The van der Waals surface area contributed by atoms with Gasteiger partial charge < -0.3 is 10.4 Å². The molecule has 10 heteroatoms. The highest BCUT2D eigenvalue weighted by Gasteiger charge is 2.20. The summed E-state index contributed by atoms with van der Waals surface area (Å²) < 4.78 is 24.9. The van der Waals surface area contributed by atoms with Crippen molar-refractivity contribution >= 4 is 16.3 Å². The highest BCUT2D eigenvalue weighted by atomic mass is 32.2. The molecule has 0 aliphatic rings. The van der Waals surface area contributed by atoms with E-state index in [1.54, 1.807) is 0 Å². The van der Waals surface area contributed by atoms with Crippen LogP contribution in [0.15, 0.2) is 6.33 Å². The summed E-state index contributed by atoms with van der Waals surface area (Å²) in [5.41, 5.74) is 0. The molecule has 9 nitrogen and oxygen atoms in total. The largest absolute Gasteiger partial charge is 0.465 e. The van der Waals surface area contributed by atoms with Gasteiger partial charge in [-0.15, -0.1) is 9.19 Å². The van der Waals surface area contributed by atoms with Gasteiger partial charge in [0, 0.05) is 14.1 Å². The minimum absolute atomic E-state index is 0.0813. The molecule has 17 heavy (non-hydrogen) atoms. The molecule has 1 atom stereocenters. The molecule has 1 rings (SSSR count). The van der Waals surface area contributed by atoms with Crippen LogP contribution in [-0.2, 0) is 10.2 Å². The number of carboxylic acid groups (broad SMARTS) is 1. The van der Waals surface area contributed by atoms with Crippen molar-refractivity contribution in [2.24, 2.45) is 0 Å². The van der Waals surface area contributed by atoms with Crippen LogP contribution in [0.4, 0.5) is 4.79 Å². The molecule has 0 spiro atoms. The van der Waals surface area contributed by atoms with E-state index in [4.69, 9.17) is 5.11 Å². The van der Waals surface area contributed by atoms with E-state index >= 15 is 0 Å². The predicted octanol–water partition coefficient (Wildman–Crippen LogP) is -0.739. The minimum Gasteiger partial charge on any atom is -0.465 e. The topological polar surface area (TPSA) is 117 Å². The van der Waals surface area contributed by atoms with Crippen molar-refractivity contribution in [2.45, 2.75) is 13.0 Å². The molecular weight excluding hydrogens is 250 g/mol. The molecule has 1 aromatic heterocycles. The Balaban J connectivity index is 2.97. The lowest BCUT2D eigenvalue weighted by atomic mass is 10.3. The van der Waals surface area contributed by atoms with E-state index in [-0.39, 0.29) is 5.82 Å². The van der Waals surface area contributed by atoms with Crippen molar-refractivity contribution in [3.05, 3.63) is 12.2 Å². The minimum atomic E-state index is -3.72. The highest BCUT2D eigenvalue weighted by Crippen LogP contribution is 2.07. The zero-order chi connectivity index (χ0) is 13.2. The molecular formula is C7H13N5O4S. The van der Waals surface area contributed by atoms with Gasteiger partial charge in [0.15, 0.2) is 5.82 Å². The third-order valence-corrected chi connectivity index (χ3v) is 3.49. The van der Waals surface area contributed by atoms with Crippen molar-refractivity contribution < 1.29 is 18.3 Å². The molecule has 96 valence electrons. The van der Waals surface area contributed by atoms with Crippen molar-refractivity contribution in [2.75, 3.05) is 14.1 Å². The summed E-state index contributed by atoms with van der Waals surface area (Å²) in [6.45, 7) is 1.51. The first-order chi connectivity index (χ1) is 7.75. The summed E-state index contributed by atoms with van der Waals surface area (Å²) in [6.07, 6.45) is -0.214. The number of rotatable bonds is 4. The van der Waals surface area contributed by atoms with Crippen LogP contribution in [0, 0.1) is 0 Å². The van der Waals surface area contributed by atoms with Crippen LogP contribution in [-0.4, -0.2) is 52.2 Å². The maximum absolute atomic E-state index is 11.6. The normalized spacial score (nSPS) is 13.6. The zero-order valence-corrected chi connectivity index (χ0v) is 10.3. The van der Waals surface area contributed by atoms with Gasteiger partial charge in [-0.2, -0.15) is 12.7 Å². The number of hydrogen-bond donors (Lipinski definition) is 2. The van der Waals surface area contributed by atoms with Gasteiger partial charge in [0.2, 0.25) is 0 Å². The molecule has 0 bridgehead atoms. The Morgan fingerprint density at radius 1 is 1.59 bits per heavy atom. The van der Waals surface area contributed by atoms with E-state index in [2.05, 4.69) is 15.4 Å². The van der Waals surface area contributed by atoms with Gasteiger partial charge in [-0.25, -0.2) is 9.78 Å². The van der Waals surface area contributed by atoms with Crippen molar-refractivity contribution in [3.63, 3.8) is 0 Å². The number of amides is 1. The molecule has 2 N–H and O–H groups in total. The molecule has 0 aliphatic heterocycles. The van der Waals surface area contributed by atoms with Crippen molar-refractivity contribution in [1.82, 2.24) is 23.8 Å². The van der Waals surface area contributed by atoms with Crippen LogP contribution < -0.4 is 5.32 Å². The number of nitrogens with one attached hydrogen (secondary N) is 1. The first kappa shape index (κ1) is 13.4. The Kier molecular flexibility index (Phi) is 3.68. The maximum atomic E-state index is 11.6. The van der Waals surface area contributed by atoms with Crippen LogP contribution in [0.1, 0.15) is 18.8 Å². The van der Waals surface area contributed by atoms with Gasteiger partial charge in [0.05, 0.1) is 6.04 Å². The van der Waals surface area contributed by atoms with E-state index in [9.17, 15) is 13.2 Å². The number of carbonyl (C=O) groups is 1. The Bertz CT molecular complexity index is 508. The molecule has 0 saturated carbocycles. The second kappa shape index (κ2) is 4.67. The van der Waals surface area contributed by atoms with Gasteiger partial charge in [-0.05, 0) is 6.92 Å². The molecule has 0 aliphatic carbocycles. The highest BCUT2D eigenvalue weighted by molar-refractivity contribution is 7.87. The summed E-state index contributed by atoms with van der Waals surface area (Å²) in [5, 5.41) is 14.3.